The van der Waals surface area contributed by atoms with E-state index in [9.17, 15) is 9.59 Å². The number of nitrogens with one attached hydrogen (secondary N) is 1. The van der Waals surface area contributed by atoms with Crippen LogP contribution in [0.5, 0.6) is 0 Å². The van der Waals surface area contributed by atoms with Crippen LogP contribution in [0.25, 0.3) is 0 Å². The zero-order valence-electron chi connectivity index (χ0n) is 16.3. The molecule has 1 aromatic carbocycles. The van der Waals surface area contributed by atoms with Gasteiger partial charge in [-0.05, 0) is 44.7 Å². The molecule has 1 aliphatic heterocycles. The molecule has 0 unspecified atom stereocenters. The molecule has 2 amide bonds. The summed E-state index contributed by atoms with van der Waals surface area (Å²) in [5.74, 6) is 0.866. The number of thiazole rings is 1. The van der Waals surface area contributed by atoms with Crippen LogP contribution < -0.4 is 5.32 Å². The van der Waals surface area contributed by atoms with Gasteiger partial charge in [-0.15, -0.1) is 11.3 Å². The van der Waals surface area contributed by atoms with Crippen molar-refractivity contribution in [2.45, 2.75) is 44.9 Å². The molecule has 1 atom stereocenters. The first-order valence-corrected chi connectivity index (χ1v) is 11.1. The smallest absolute Gasteiger partial charge is 0.253 e. The number of nitrogens with zero attached hydrogens (tertiary/aromatic N) is 2. The topological polar surface area (TPSA) is 62.3 Å². The second kappa shape index (κ2) is 8.43. The third kappa shape index (κ3) is 4.61. The fourth-order valence-corrected chi connectivity index (χ4v) is 4.65. The van der Waals surface area contributed by atoms with Crippen LogP contribution in [0.1, 0.15) is 58.2 Å². The largest absolute Gasteiger partial charge is 0.355 e. The number of piperidine rings is 1. The molecule has 1 saturated carbocycles. The average molecular weight is 398 g/mol. The molecule has 1 aromatic heterocycles. The maximum Gasteiger partial charge on any atom is 0.253 e. The number of aryl methyl sites for hydroxylation is 1. The molecule has 2 aliphatic rings. The number of carbonyl (C=O) groups excluding carboxylic acids is 2. The maximum atomic E-state index is 12.8. The van der Waals surface area contributed by atoms with Crippen LogP contribution >= 0.6 is 11.3 Å². The number of hydrogen-bond donors (Lipinski definition) is 1. The van der Waals surface area contributed by atoms with E-state index in [4.69, 9.17) is 4.98 Å². The number of rotatable bonds is 6. The van der Waals surface area contributed by atoms with E-state index >= 15 is 0 Å². The zero-order chi connectivity index (χ0) is 19.5. The van der Waals surface area contributed by atoms with Crippen LogP contribution in [-0.4, -0.2) is 41.3 Å². The minimum Gasteiger partial charge on any atom is -0.355 e. The minimum absolute atomic E-state index is 0.115. The Morgan fingerprint density at radius 3 is 2.75 bits per heavy atom. The second-order valence-corrected chi connectivity index (χ2v) is 8.84. The molecule has 1 saturated heterocycles. The highest BCUT2D eigenvalue weighted by molar-refractivity contribution is 7.09. The number of carbonyl (C=O) groups is 2. The van der Waals surface area contributed by atoms with E-state index in [-0.39, 0.29) is 17.7 Å². The number of likely N-dealkylation sites (tertiary alicyclic amines) is 1. The minimum atomic E-state index is 0.115. The van der Waals surface area contributed by atoms with Crippen molar-refractivity contribution in [3.63, 3.8) is 0 Å². The van der Waals surface area contributed by atoms with Gasteiger partial charge in [0.1, 0.15) is 0 Å². The van der Waals surface area contributed by atoms with E-state index in [0.29, 0.717) is 12.5 Å². The van der Waals surface area contributed by atoms with Gasteiger partial charge in [0.25, 0.3) is 5.91 Å². The van der Waals surface area contributed by atoms with Crippen LogP contribution in [0.15, 0.2) is 29.6 Å². The van der Waals surface area contributed by atoms with Crippen molar-refractivity contribution >= 4 is 23.2 Å². The molecule has 2 heterocycles. The molecule has 0 spiro atoms. The monoisotopic (exact) mass is 397 g/mol. The molecule has 2 aromatic rings. The van der Waals surface area contributed by atoms with Gasteiger partial charge >= 0.3 is 0 Å². The Bertz CT molecular complexity index is 842. The van der Waals surface area contributed by atoms with Crippen molar-refractivity contribution in [3.8, 4) is 0 Å². The highest BCUT2D eigenvalue weighted by atomic mass is 32.1. The molecule has 5 nitrogen and oxygen atoms in total. The van der Waals surface area contributed by atoms with Gasteiger partial charge in [0.15, 0.2) is 0 Å². The Balaban J connectivity index is 1.32. The number of benzene rings is 1. The molecule has 28 heavy (non-hydrogen) atoms. The highest BCUT2D eigenvalue weighted by Crippen LogP contribution is 2.30. The lowest BCUT2D eigenvalue weighted by molar-refractivity contribution is -0.122. The van der Waals surface area contributed by atoms with Gasteiger partial charge in [-0.2, -0.15) is 0 Å². The SMILES string of the molecule is Cc1ccc(C(=O)N2CCC[C@H](c3nc(CCNC(=O)C4CC4)cs3)C2)cc1. The van der Waals surface area contributed by atoms with Crippen LogP contribution in [0.2, 0.25) is 0 Å². The zero-order valence-corrected chi connectivity index (χ0v) is 17.1. The number of amides is 2. The van der Waals surface area contributed by atoms with Gasteiger partial charge in [-0.3, -0.25) is 9.59 Å². The normalized spacial score (nSPS) is 19.5. The maximum absolute atomic E-state index is 12.8. The molecule has 0 bridgehead atoms. The lowest BCUT2D eigenvalue weighted by atomic mass is 9.98. The molecule has 148 valence electrons. The lowest BCUT2D eigenvalue weighted by Crippen LogP contribution is -2.39. The van der Waals surface area contributed by atoms with Crippen molar-refractivity contribution in [1.82, 2.24) is 15.2 Å². The summed E-state index contributed by atoms with van der Waals surface area (Å²) in [5.41, 5.74) is 2.97. The van der Waals surface area contributed by atoms with Crippen molar-refractivity contribution in [3.05, 3.63) is 51.5 Å². The van der Waals surface area contributed by atoms with Gasteiger partial charge in [-0.25, -0.2) is 4.98 Å². The van der Waals surface area contributed by atoms with Crippen molar-refractivity contribution < 1.29 is 9.59 Å². The summed E-state index contributed by atoms with van der Waals surface area (Å²) in [5, 5.41) is 6.21. The number of hydrogen-bond acceptors (Lipinski definition) is 4. The first-order valence-electron chi connectivity index (χ1n) is 10.2. The Kier molecular flexibility index (Phi) is 5.76. The lowest BCUT2D eigenvalue weighted by Gasteiger charge is -2.32. The van der Waals surface area contributed by atoms with E-state index in [1.807, 2.05) is 36.1 Å². The van der Waals surface area contributed by atoms with Crippen LogP contribution in [0.4, 0.5) is 0 Å². The Hall–Kier alpha value is -2.21. The molecular weight excluding hydrogens is 370 g/mol. The van der Waals surface area contributed by atoms with E-state index in [1.165, 1.54) is 0 Å². The van der Waals surface area contributed by atoms with E-state index in [2.05, 4.69) is 10.7 Å². The quantitative estimate of drug-likeness (QED) is 0.811. The van der Waals surface area contributed by atoms with Gasteiger partial charge < -0.3 is 10.2 Å². The third-order valence-electron chi connectivity index (χ3n) is 5.55. The first kappa shape index (κ1) is 19.1. The van der Waals surface area contributed by atoms with Crippen LogP contribution in [0, 0.1) is 12.8 Å². The first-order chi connectivity index (χ1) is 13.6. The standard InChI is InChI=1S/C22H27N3O2S/c1-15-4-6-17(7-5-15)22(27)25-12-2-3-18(13-25)21-24-19(14-28-21)10-11-23-20(26)16-8-9-16/h4-7,14,16,18H,2-3,8-13H2,1H3,(H,23,26)/t18-/m0/s1. The van der Waals surface area contributed by atoms with Crippen molar-refractivity contribution in [2.75, 3.05) is 19.6 Å². The molecule has 1 N–H and O–H groups in total. The molecule has 6 heteroatoms. The predicted molar refractivity (Wildman–Crippen MR) is 111 cm³/mol. The van der Waals surface area contributed by atoms with E-state index in [1.54, 1.807) is 11.3 Å². The molecule has 4 rings (SSSR count). The second-order valence-electron chi connectivity index (χ2n) is 7.95. The summed E-state index contributed by atoms with van der Waals surface area (Å²) >= 11 is 1.68. The van der Waals surface area contributed by atoms with Gasteiger partial charge in [0, 0.05) is 48.8 Å². The average Bonchev–Trinajstić information content (AvgIpc) is 3.47. The summed E-state index contributed by atoms with van der Waals surface area (Å²) in [6.07, 6.45) is 4.92. The third-order valence-corrected chi connectivity index (χ3v) is 6.61. The van der Waals surface area contributed by atoms with Gasteiger partial charge in [-0.1, -0.05) is 17.7 Å². The highest BCUT2D eigenvalue weighted by Gasteiger charge is 2.29. The van der Waals surface area contributed by atoms with E-state index in [0.717, 1.165) is 67.0 Å². The summed E-state index contributed by atoms with van der Waals surface area (Å²) in [7, 11) is 0. The summed E-state index contributed by atoms with van der Waals surface area (Å²) < 4.78 is 0. The Labute approximate surface area is 170 Å². The molecule has 1 aliphatic carbocycles. The van der Waals surface area contributed by atoms with E-state index < -0.39 is 0 Å². The predicted octanol–water partition coefficient (Wildman–Crippen LogP) is 3.54. The number of aromatic nitrogens is 1. The molecule has 2 fully saturated rings. The van der Waals surface area contributed by atoms with Crippen LogP contribution in [-0.2, 0) is 11.2 Å². The van der Waals surface area contributed by atoms with Crippen molar-refractivity contribution in [2.24, 2.45) is 5.92 Å². The fraction of sp³-hybridized carbons (Fsp3) is 0.500. The summed E-state index contributed by atoms with van der Waals surface area (Å²) in [6, 6.07) is 7.81. The van der Waals surface area contributed by atoms with Crippen LogP contribution in [0.3, 0.4) is 0 Å². The van der Waals surface area contributed by atoms with Crippen molar-refractivity contribution in [1.29, 1.82) is 0 Å². The summed E-state index contributed by atoms with van der Waals surface area (Å²) in [6.45, 7) is 4.23. The molecular formula is C22H27N3O2S. The van der Waals surface area contributed by atoms with Gasteiger partial charge in [0.2, 0.25) is 5.91 Å². The Morgan fingerprint density at radius 1 is 1.21 bits per heavy atom. The molecule has 0 radical (unpaired) electrons. The Morgan fingerprint density at radius 2 is 2.00 bits per heavy atom. The fourth-order valence-electron chi connectivity index (χ4n) is 3.67. The summed E-state index contributed by atoms with van der Waals surface area (Å²) in [4.78, 5) is 31.3. The van der Waals surface area contributed by atoms with Gasteiger partial charge in [0.05, 0.1) is 10.7 Å².